The second-order valence-corrected chi connectivity index (χ2v) is 5.68. The van der Waals surface area contributed by atoms with Gasteiger partial charge in [0.15, 0.2) is 0 Å². The van der Waals surface area contributed by atoms with E-state index in [-0.39, 0.29) is 0 Å². The van der Waals surface area contributed by atoms with Gasteiger partial charge >= 0.3 is 0 Å². The molecule has 3 heteroatoms. The normalized spacial score (nSPS) is 25.4. The molecule has 1 aliphatic carbocycles. The SMILES string of the molecule is CCC(CC)C(CN)N1CCN(C2CC2)CC1. The molecule has 2 fully saturated rings. The fraction of sp³-hybridized carbons (Fsp3) is 1.00. The highest BCUT2D eigenvalue weighted by molar-refractivity contribution is 4.90. The smallest absolute Gasteiger partial charge is 0.0247 e. The lowest BCUT2D eigenvalue weighted by atomic mass is 9.92. The number of hydrogen-bond acceptors (Lipinski definition) is 3. The van der Waals surface area contributed by atoms with Crippen molar-refractivity contribution in [2.45, 2.75) is 51.6 Å². The van der Waals surface area contributed by atoms with Crippen molar-refractivity contribution in [1.29, 1.82) is 0 Å². The van der Waals surface area contributed by atoms with Gasteiger partial charge in [-0.05, 0) is 18.8 Å². The molecule has 2 aliphatic rings. The topological polar surface area (TPSA) is 32.5 Å². The second-order valence-electron chi connectivity index (χ2n) is 5.68. The molecule has 1 aliphatic heterocycles. The molecule has 1 saturated heterocycles. The Morgan fingerprint density at radius 2 is 1.65 bits per heavy atom. The van der Waals surface area contributed by atoms with Crippen molar-refractivity contribution in [2.24, 2.45) is 11.7 Å². The van der Waals surface area contributed by atoms with E-state index in [2.05, 4.69) is 23.6 Å². The van der Waals surface area contributed by atoms with Crippen LogP contribution in [0.25, 0.3) is 0 Å². The first-order chi connectivity index (χ1) is 8.30. The maximum atomic E-state index is 6.01. The van der Waals surface area contributed by atoms with Gasteiger partial charge in [-0.3, -0.25) is 9.80 Å². The summed E-state index contributed by atoms with van der Waals surface area (Å²) in [6.07, 6.45) is 5.40. The summed E-state index contributed by atoms with van der Waals surface area (Å²) in [6.45, 7) is 10.4. The predicted molar refractivity (Wildman–Crippen MR) is 73.1 cm³/mol. The Labute approximate surface area is 106 Å². The Morgan fingerprint density at radius 1 is 1.06 bits per heavy atom. The van der Waals surface area contributed by atoms with Crippen LogP contribution in [0, 0.1) is 5.92 Å². The fourth-order valence-electron chi connectivity index (χ4n) is 3.35. The summed E-state index contributed by atoms with van der Waals surface area (Å²) >= 11 is 0. The van der Waals surface area contributed by atoms with Crippen LogP contribution in [-0.2, 0) is 0 Å². The minimum atomic E-state index is 0.617. The zero-order valence-corrected chi connectivity index (χ0v) is 11.6. The van der Waals surface area contributed by atoms with E-state index < -0.39 is 0 Å². The minimum Gasteiger partial charge on any atom is -0.329 e. The highest BCUT2D eigenvalue weighted by Crippen LogP contribution is 2.28. The van der Waals surface area contributed by atoms with Crippen LogP contribution in [0.15, 0.2) is 0 Å². The zero-order chi connectivity index (χ0) is 12.3. The van der Waals surface area contributed by atoms with Gasteiger partial charge in [0.25, 0.3) is 0 Å². The predicted octanol–water partition coefficient (Wildman–Crippen LogP) is 1.53. The average molecular weight is 239 g/mol. The first-order valence-electron chi connectivity index (χ1n) is 7.48. The number of nitrogens with zero attached hydrogens (tertiary/aromatic N) is 2. The summed E-state index contributed by atoms with van der Waals surface area (Å²) < 4.78 is 0. The van der Waals surface area contributed by atoms with Crippen LogP contribution in [0.5, 0.6) is 0 Å². The lowest BCUT2D eigenvalue weighted by molar-refractivity contribution is 0.0667. The monoisotopic (exact) mass is 239 g/mol. The molecule has 2 rings (SSSR count). The van der Waals surface area contributed by atoms with Gasteiger partial charge in [0, 0.05) is 44.8 Å². The molecule has 0 aromatic carbocycles. The van der Waals surface area contributed by atoms with Crippen LogP contribution in [0.1, 0.15) is 39.5 Å². The van der Waals surface area contributed by atoms with Crippen LogP contribution in [0.3, 0.4) is 0 Å². The molecule has 0 radical (unpaired) electrons. The molecule has 1 unspecified atom stereocenters. The molecule has 0 aromatic rings. The largest absolute Gasteiger partial charge is 0.329 e. The molecule has 0 amide bonds. The molecule has 0 aromatic heterocycles. The molecule has 1 heterocycles. The summed E-state index contributed by atoms with van der Waals surface area (Å²) in [6, 6.07) is 1.55. The van der Waals surface area contributed by atoms with E-state index in [1.807, 2.05) is 0 Å². The second kappa shape index (κ2) is 6.17. The van der Waals surface area contributed by atoms with Gasteiger partial charge in [-0.2, -0.15) is 0 Å². The Kier molecular flexibility index (Phi) is 4.83. The molecular formula is C14H29N3. The molecule has 1 saturated carbocycles. The maximum absolute atomic E-state index is 6.01. The van der Waals surface area contributed by atoms with Crippen LogP contribution in [0.4, 0.5) is 0 Å². The lowest BCUT2D eigenvalue weighted by Crippen LogP contribution is -2.54. The standard InChI is InChI=1S/C14H29N3/c1-3-12(4-2)14(11-15)17-9-7-16(8-10-17)13-5-6-13/h12-14H,3-11,15H2,1-2H3. The Morgan fingerprint density at radius 3 is 2.06 bits per heavy atom. The van der Waals surface area contributed by atoms with E-state index >= 15 is 0 Å². The Balaban J connectivity index is 1.83. The van der Waals surface area contributed by atoms with Crippen molar-refractivity contribution in [3.05, 3.63) is 0 Å². The van der Waals surface area contributed by atoms with Crippen molar-refractivity contribution in [3.63, 3.8) is 0 Å². The van der Waals surface area contributed by atoms with E-state index in [0.29, 0.717) is 6.04 Å². The van der Waals surface area contributed by atoms with Gasteiger partial charge < -0.3 is 5.73 Å². The number of rotatable bonds is 6. The summed E-state index contributed by atoms with van der Waals surface area (Å²) in [5.41, 5.74) is 6.01. The van der Waals surface area contributed by atoms with E-state index in [0.717, 1.165) is 18.5 Å². The molecule has 3 nitrogen and oxygen atoms in total. The minimum absolute atomic E-state index is 0.617. The van der Waals surface area contributed by atoms with Crippen LogP contribution in [0.2, 0.25) is 0 Å². The summed E-state index contributed by atoms with van der Waals surface area (Å²) in [7, 11) is 0. The van der Waals surface area contributed by atoms with Gasteiger partial charge in [-0.15, -0.1) is 0 Å². The first-order valence-corrected chi connectivity index (χ1v) is 7.48. The molecule has 17 heavy (non-hydrogen) atoms. The quantitative estimate of drug-likeness (QED) is 0.763. The molecule has 100 valence electrons. The molecule has 0 bridgehead atoms. The summed E-state index contributed by atoms with van der Waals surface area (Å²) in [4.78, 5) is 5.33. The summed E-state index contributed by atoms with van der Waals surface area (Å²) in [5, 5.41) is 0. The zero-order valence-electron chi connectivity index (χ0n) is 11.6. The van der Waals surface area contributed by atoms with E-state index in [4.69, 9.17) is 5.73 Å². The maximum Gasteiger partial charge on any atom is 0.0247 e. The third kappa shape index (κ3) is 3.21. The number of nitrogens with two attached hydrogens (primary N) is 1. The van der Waals surface area contributed by atoms with Gasteiger partial charge in [0.2, 0.25) is 0 Å². The number of hydrogen-bond donors (Lipinski definition) is 1. The van der Waals surface area contributed by atoms with E-state index in [1.54, 1.807) is 0 Å². The summed E-state index contributed by atoms with van der Waals surface area (Å²) in [5.74, 6) is 0.785. The highest BCUT2D eigenvalue weighted by Gasteiger charge is 2.33. The van der Waals surface area contributed by atoms with Gasteiger partial charge in [0.05, 0.1) is 0 Å². The molecule has 0 spiro atoms. The van der Waals surface area contributed by atoms with Crippen molar-refractivity contribution in [2.75, 3.05) is 32.7 Å². The third-order valence-electron chi connectivity index (χ3n) is 4.72. The Bertz CT molecular complexity index is 216. The van der Waals surface area contributed by atoms with Crippen LogP contribution in [-0.4, -0.2) is 54.6 Å². The Hall–Kier alpha value is -0.120. The van der Waals surface area contributed by atoms with Gasteiger partial charge in [0.1, 0.15) is 0 Å². The fourth-order valence-corrected chi connectivity index (χ4v) is 3.35. The highest BCUT2D eigenvalue weighted by atomic mass is 15.3. The lowest BCUT2D eigenvalue weighted by Gasteiger charge is -2.41. The van der Waals surface area contributed by atoms with Crippen molar-refractivity contribution in [3.8, 4) is 0 Å². The van der Waals surface area contributed by atoms with Gasteiger partial charge in [-0.1, -0.05) is 26.7 Å². The van der Waals surface area contributed by atoms with Crippen LogP contribution < -0.4 is 5.73 Å². The molecular weight excluding hydrogens is 210 g/mol. The van der Waals surface area contributed by atoms with Crippen LogP contribution >= 0.6 is 0 Å². The third-order valence-corrected chi connectivity index (χ3v) is 4.72. The van der Waals surface area contributed by atoms with Crippen molar-refractivity contribution in [1.82, 2.24) is 9.80 Å². The van der Waals surface area contributed by atoms with E-state index in [1.165, 1.54) is 51.9 Å². The van der Waals surface area contributed by atoms with Crippen molar-refractivity contribution >= 4 is 0 Å². The number of piperazine rings is 1. The van der Waals surface area contributed by atoms with Crippen molar-refractivity contribution < 1.29 is 0 Å². The first kappa shape index (κ1) is 13.3. The average Bonchev–Trinajstić information content (AvgIpc) is 3.20. The van der Waals surface area contributed by atoms with Gasteiger partial charge in [-0.25, -0.2) is 0 Å². The molecule has 2 N–H and O–H groups in total. The molecule has 1 atom stereocenters. The van der Waals surface area contributed by atoms with E-state index in [9.17, 15) is 0 Å².